The van der Waals surface area contributed by atoms with Gasteiger partial charge in [-0.25, -0.2) is 4.79 Å². The summed E-state index contributed by atoms with van der Waals surface area (Å²) in [7, 11) is 0. The lowest BCUT2D eigenvalue weighted by Gasteiger charge is -1.99. The molecule has 1 aliphatic heterocycles. The molecule has 0 aliphatic carbocycles. The van der Waals surface area contributed by atoms with Gasteiger partial charge in [0.15, 0.2) is 0 Å². The van der Waals surface area contributed by atoms with Crippen LogP contribution >= 0.6 is 0 Å². The third-order valence-electron chi connectivity index (χ3n) is 1.75. The van der Waals surface area contributed by atoms with Gasteiger partial charge in [-0.1, -0.05) is 19.1 Å². The second-order valence-corrected chi connectivity index (χ2v) is 2.66. The van der Waals surface area contributed by atoms with Crippen LogP contribution in [0.3, 0.4) is 0 Å². The van der Waals surface area contributed by atoms with Crippen LogP contribution < -0.4 is 0 Å². The quantitative estimate of drug-likeness (QED) is 0.629. The molecule has 3 nitrogen and oxygen atoms in total. The van der Waals surface area contributed by atoms with Gasteiger partial charge < -0.3 is 9.84 Å². The van der Waals surface area contributed by atoms with E-state index in [0.717, 1.165) is 6.42 Å². The van der Waals surface area contributed by atoms with Crippen molar-refractivity contribution in [2.75, 3.05) is 0 Å². The molecule has 0 fully saturated rings. The highest BCUT2D eigenvalue weighted by molar-refractivity contribution is 5.94. The van der Waals surface area contributed by atoms with Crippen LogP contribution in [0.25, 0.3) is 0 Å². The minimum atomic E-state index is -1.05. The van der Waals surface area contributed by atoms with E-state index in [1.165, 1.54) is 0 Å². The van der Waals surface area contributed by atoms with Gasteiger partial charge in [-0.3, -0.25) is 0 Å². The Labute approximate surface area is 71.3 Å². The van der Waals surface area contributed by atoms with Gasteiger partial charge in [0.1, 0.15) is 0 Å². The van der Waals surface area contributed by atoms with Crippen molar-refractivity contribution in [3.8, 4) is 0 Å². The summed E-state index contributed by atoms with van der Waals surface area (Å²) < 4.78 is 4.57. The molecule has 1 heterocycles. The number of carbonyl (C=O) groups is 1. The Morgan fingerprint density at radius 2 is 2.33 bits per heavy atom. The second-order valence-electron chi connectivity index (χ2n) is 2.66. The van der Waals surface area contributed by atoms with E-state index in [1.807, 2.05) is 13.0 Å². The molecule has 0 saturated carbocycles. The first-order valence-corrected chi connectivity index (χ1v) is 3.93. The van der Waals surface area contributed by atoms with E-state index in [4.69, 9.17) is 5.11 Å². The second kappa shape index (κ2) is 3.54. The lowest BCUT2D eigenvalue weighted by atomic mass is 10.1. The molecule has 0 spiro atoms. The van der Waals surface area contributed by atoms with Crippen molar-refractivity contribution in [1.82, 2.24) is 0 Å². The summed E-state index contributed by atoms with van der Waals surface area (Å²) in [5.74, 6) is -0.440. The Balaban J connectivity index is 2.85. The maximum absolute atomic E-state index is 11.0. The minimum absolute atomic E-state index is 0.440. The number of carbonyl (C=O) groups excluding carboxylic acids is 1. The largest absolute Gasteiger partial charge is 0.428 e. The molecule has 0 amide bonds. The first-order chi connectivity index (χ1) is 5.66. The third kappa shape index (κ3) is 1.56. The van der Waals surface area contributed by atoms with Gasteiger partial charge in [0, 0.05) is 5.57 Å². The fraction of sp³-hybridized carbons (Fsp3) is 0.444. The van der Waals surface area contributed by atoms with Gasteiger partial charge in [0.25, 0.3) is 0 Å². The van der Waals surface area contributed by atoms with Crippen LogP contribution in [0.1, 0.15) is 20.3 Å². The Morgan fingerprint density at radius 3 is 2.75 bits per heavy atom. The van der Waals surface area contributed by atoms with Crippen LogP contribution in [-0.4, -0.2) is 17.4 Å². The first-order valence-electron chi connectivity index (χ1n) is 3.93. The number of hydrogen-bond donors (Lipinski definition) is 1. The molecule has 1 N–H and O–H groups in total. The summed E-state index contributed by atoms with van der Waals surface area (Å²) >= 11 is 0. The number of cyclic esters (lactones) is 1. The predicted molar refractivity (Wildman–Crippen MR) is 44.2 cm³/mol. The molecule has 3 heteroatoms. The zero-order valence-electron chi connectivity index (χ0n) is 7.20. The van der Waals surface area contributed by atoms with Crippen molar-refractivity contribution in [3.05, 3.63) is 23.3 Å². The van der Waals surface area contributed by atoms with Crippen molar-refractivity contribution < 1.29 is 14.6 Å². The molecule has 1 unspecified atom stereocenters. The van der Waals surface area contributed by atoms with Gasteiger partial charge in [-0.15, -0.1) is 0 Å². The maximum Gasteiger partial charge on any atom is 0.340 e. The van der Waals surface area contributed by atoms with Gasteiger partial charge in [-0.05, 0) is 13.3 Å². The van der Waals surface area contributed by atoms with Crippen molar-refractivity contribution in [2.45, 2.75) is 26.6 Å². The summed E-state index contributed by atoms with van der Waals surface area (Å²) in [5, 5.41) is 9.10. The van der Waals surface area contributed by atoms with E-state index in [-0.39, 0.29) is 0 Å². The number of aliphatic hydroxyl groups excluding tert-OH is 1. The number of ether oxygens (including phenoxy) is 1. The maximum atomic E-state index is 11.0. The van der Waals surface area contributed by atoms with E-state index < -0.39 is 12.3 Å². The molecule has 66 valence electrons. The SMILES string of the molecule is CC/C=C/C1=C(C)C(O)OC1=O. The Hall–Kier alpha value is -1.09. The first kappa shape index (κ1) is 9.00. The van der Waals surface area contributed by atoms with Crippen LogP contribution in [0.4, 0.5) is 0 Å². The van der Waals surface area contributed by atoms with Crippen molar-refractivity contribution >= 4 is 5.97 Å². The molecular formula is C9H12O3. The molecular weight excluding hydrogens is 156 g/mol. The van der Waals surface area contributed by atoms with Gasteiger partial charge >= 0.3 is 5.97 Å². The Morgan fingerprint density at radius 1 is 1.67 bits per heavy atom. The van der Waals surface area contributed by atoms with Crippen molar-refractivity contribution in [3.63, 3.8) is 0 Å². The molecule has 0 saturated heterocycles. The highest BCUT2D eigenvalue weighted by Crippen LogP contribution is 2.21. The molecule has 1 rings (SSSR count). The fourth-order valence-electron chi connectivity index (χ4n) is 0.982. The summed E-state index contributed by atoms with van der Waals surface area (Å²) in [6.07, 6.45) is 3.36. The molecule has 0 aromatic heterocycles. The van der Waals surface area contributed by atoms with Gasteiger partial charge in [-0.2, -0.15) is 0 Å². The Bertz CT molecular complexity index is 250. The average molecular weight is 168 g/mol. The summed E-state index contributed by atoms with van der Waals surface area (Å²) in [5.41, 5.74) is 1.06. The zero-order chi connectivity index (χ0) is 9.14. The number of rotatable bonds is 2. The third-order valence-corrected chi connectivity index (χ3v) is 1.75. The molecule has 1 atom stereocenters. The highest BCUT2D eigenvalue weighted by atomic mass is 16.6. The summed E-state index contributed by atoms with van der Waals surface area (Å²) in [4.78, 5) is 11.0. The molecule has 12 heavy (non-hydrogen) atoms. The molecule has 0 bridgehead atoms. The molecule has 0 radical (unpaired) electrons. The van der Waals surface area contributed by atoms with Crippen LogP contribution in [-0.2, 0) is 9.53 Å². The summed E-state index contributed by atoms with van der Waals surface area (Å²) in [6.45, 7) is 3.66. The standard InChI is InChI=1S/C9H12O3/c1-3-4-5-7-6(2)8(10)12-9(7)11/h4-5,8,10H,3H2,1-2H3/b5-4+. The average Bonchev–Trinajstić information content (AvgIpc) is 2.25. The van der Waals surface area contributed by atoms with Crippen molar-refractivity contribution in [2.24, 2.45) is 0 Å². The highest BCUT2D eigenvalue weighted by Gasteiger charge is 2.27. The van der Waals surface area contributed by atoms with E-state index in [9.17, 15) is 4.79 Å². The summed E-state index contributed by atoms with van der Waals surface area (Å²) in [6, 6.07) is 0. The van der Waals surface area contributed by atoms with Gasteiger partial charge in [0.05, 0.1) is 5.57 Å². The van der Waals surface area contributed by atoms with Gasteiger partial charge in [0.2, 0.25) is 6.29 Å². The normalized spacial score (nSPS) is 23.9. The fourth-order valence-corrected chi connectivity index (χ4v) is 0.982. The van der Waals surface area contributed by atoms with Crippen LogP contribution in [0.2, 0.25) is 0 Å². The lowest BCUT2D eigenvalue weighted by Crippen LogP contribution is -2.08. The van der Waals surface area contributed by atoms with E-state index >= 15 is 0 Å². The molecule has 1 aliphatic rings. The monoisotopic (exact) mass is 168 g/mol. The predicted octanol–water partition coefficient (Wildman–Crippen LogP) is 1.14. The van der Waals surface area contributed by atoms with E-state index in [2.05, 4.69) is 4.74 Å². The van der Waals surface area contributed by atoms with Crippen LogP contribution in [0, 0.1) is 0 Å². The van der Waals surface area contributed by atoms with Crippen LogP contribution in [0.5, 0.6) is 0 Å². The molecule has 0 aromatic carbocycles. The number of allylic oxidation sites excluding steroid dienone is 1. The zero-order valence-corrected chi connectivity index (χ0v) is 7.20. The lowest BCUT2D eigenvalue weighted by molar-refractivity contribution is -0.151. The number of esters is 1. The van der Waals surface area contributed by atoms with E-state index in [0.29, 0.717) is 11.1 Å². The number of hydrogen-bond acceptors (Lipinski definition) is 3. The van der Waals surface area contributed by atoms with Crippen molar-refractivity contribution in [1.29, 1.82) is 0 Å². The van der Waals surface area contributed by atoms with E-state index in [1.54, 1.807) is 13.0 Å². The smallest absolute Gasteiger partial charge is 0.340 e. The van der Waals surface area contributed by atoms with Crippen LogP contribution in [0.15, 0.2) is 23.3 Å². The molecule has 0 aromatic rings. The topological polar surface area (TPSA) is 46.5 Å². The Kier molecular flexibility index (Phi) is 2.65. The number of aliphatic hydroxyl groups is 1. The minimum Gasteiger partial charge on any atom is -0.428 e.